The van der Waals surface area contributed by atoms with Crippen LogP contribution in [0.15, 0.2) is 121 Å². The Bertz CT molecular complexity index is 956. The number of hydrogen-bond acceptors (Lipinski definition) is 2. The number of para-hydroxylation sites is 4. The molecular weight excluding hydrogens is 463 g/mol. The second kappa shape index (κ2) is 12.7. The number of nitrogens with zero attached hydrogens (tertiary/aromatic N) is 2. The van der Waals surface area contributed by atoms with Crippen LogP contribution in [0.5, 0.6) is 0 Å². The molecular formula is C26H22CoN2O4. The molecule has 0 fully saturated rings. The maximum Gasteiger partial charge on any atom is 0.416 e. The van der Waals surface area contributed by atoms with E-state index < -0.39 is 12.2 Å². The average Bonchev–Trinajstić information content (AvgIpc) is 2.82. The van der Waals surface area contributed by atoms with Crippen LogP contribution >= 0.6 is 0 Å². The maximum atomic E-state index is 11.2. The van der Waals surface area contributed by atoms with Crippen molar-refractivity contribution in [3.05, 3.63) is 121 Å². The summed E-state index contributed by atoms with van der Waals surface area (Å²) in [6.07, 6.45) is -1.98. The van der Waals surface area contributed by atoms with Gasteiger partial charge in [0.05, 0.1) is 22.7 Å². The molecule has 0 saturated heterocycles. The molecule has 2 amide bonds. The van der Waals surface area contributed by atoms with Crippen molar-refractivity contribution in [2.75, 3.05) is 9.80 Å². The van der Waals surface area contributed by atoms with Gasteiger partial charge in [0.1, 0.15) is 0 Å². The van der Waals surface area contributed by atoms with Gasteiger partial charge in [0.15, 0.2) is 0 Å². The Labute approximate surface area is 202 Å². The molecule has 0 spiro atoms. The van der Waals surface area contributed by atoms with Crippen molar-refractivity contribution in [3.63, 3.8) is 0 Å². The fourth-order valence-corrected chi connectivity index (χ4v) is 3.05. The van der Waals surface area contributed by atoms with Crippen LogP contribution in [0.25, 0.3) is 0 Å². The van der Waals surface area contributed by atoms with Crippen LogP contribution in [-0.2, 0) is 16.8 Å². The zero-order valence-electron chi connectivity index (χ0n) is 17.5. The minimum Gasteiger partial charge on any atom is -0.464 e. The molecule has 4 aromatic carbocycles. The molecule has 0 aromatic heterocycles. The van der Waals surface area contributed by atoms with Gasteiger partial charge in [-0.1, -0.05) is 72.8 Å². The van der Waals surface area contributed by atoms with E-state index in [2.05, 4.69) is 0 Å². The van der Waals surface area contributed by atoms with Crippen molar-refractivity contribution in [2.24, 2.45) is 0 Å². The molecule has 2 N–H and O–H groups in total. The van der Waals surface area contributed by atoms with Crippen molar-refractivity contribution in [2.45, 2.75) is 0 Å². The molecule has 33 heavy (non-hydrogen) atoms. The van der Waals surface area contributed by atoms with Gasteiger partial charge in [0, 0.05) is 16.8 Å². The first-order chi connectivity index (χ1) is 15.6. The molecule has 169 valence electrons. The molecule has 0 aliphatic heterocycles. The fourth-order valence-electron chi connectivity index (χ4n) is 3.05. The minimum absolute atomic E-state index is 0. The predicted octanol–water partition coefficient (Wildman–Crippen LogP) is 7.00. The fraction of sp³-hybridized carbons (Fsp3) is 0. The molecule has 0 unspecified atom stereocenters. The zero-order valence-corrected chi connectivity index (χ0v) is 18.5. The van der Waals surface area contributed by atoms with E-state index in [9.17, 15) is 19.8 Å². The molecule has 4 rings (SSSR count). The van der Waals surface area contributed by atoms with Crippen LogP contribution < -0.4 is 9.80 Å². The van der Waals surface area contributed by atoms with Gasteiger partial charge in [-0.2, -0.15) is 0 Å². The summed E-state index contributed by atoms with van der Waals surface area (Å²) in [5, 5.41) is 18.4. The van der Waals surface area contributed by atoms with Gasteiger partial charge in [0.2, 0.25) is 0 Å². The van der Waals surface area contributed by atoms with E-state index in [1.165, 1.54) is 9.80 Å². The summed E-state index contributed by atoms with van der Waals surface area (Å²) in [5.41, 5.74) is 2.56. The number of rotatable bonds is 4. The summed E-state index contributed by atoms with van der Waals surface area (Å²) in [4.78, 5) is 25.0. The van der Waals surface area contributed by atoms with Gasteiger partial charge in [-0.05, 0) is 48.5 Å². The molecule has 0 aliphatic carbocycles. The zero-order chi connectivity index (χ0) is 22.8. The molecule has 6 nitrogen and oxygen atoms in total. The summed E-state index contributed by atoms with van der Waals surface area (Å²) >= 11 is 0. The third-order valence-electron chi connectivity index (χ3n) is 4.44. The van der Waals surface area contributed by atoms with E-state index in [0.717, 1.165) is 0 Å². The third kappa shape index (κ3) is 6.96. The third-order valence-corrected chi connectivity index (χ3v) is 4.44. The van der Waals surface area contributed by atoms with Crippen molar-refractivity contribution in [1.29, 1.82) is 0 Å². The van der Waals surface area contributed by atoms with E-state index >= 15 is 0 Å². The van der Waals surface area contributed by atoms with Crippen LogP contribution in [-0.4, -0.2) is 22.4 Å². The summed E-state index contributed by atoms with van der Waals surface area (Å²) in [6.45, 7) is 0. The Hall–Kier alpha value is -4.07. The number of benzene rings is 4. The predicted molar refractivity (Wildman–Crippen MR) is 126 cm³/mol. The standard InChI is InChI=1S/2C13H11NO2.Co/c2*15-13(16)14(11-7-3-1-4-8-11)12-9-5-2-6-10-12;/h2*1-10H,(H,15,16);. The first-order valence-electron chi connectivity index (χ1n) is 9.84. The molecule has 1 radical (unpaired) electrons. The molecule has 4 aromatic rings. The maximum absolute atomic E-state index is 11.2. The Balaban J connectivity index is 0.000000227. The molecule has 0 saturated carbocycles. The van der Waals surface area contributed by atoms with Gasteiger partial charge < -0.3 is 10.2 Å². The summed E-state index contributed by atoms with van der Waals surface area (Å²) in [6, 6.07) is 36.1. The first-order valence-corrected chi connectivity index (χ1v) is 9.84. The topological polar surface area (TPSA) is 81.1 Å². The Morgan fingerprint density at radius 3 is 0.758 bits per heavy atom. The first kappa shape index (κ1) is 25.2. The van der Waals surface area contributed by atoms with Crippen molar-refractivity contribution < 1.29 is 36.6 Å². The van der Waals surface area contributed by atoms with Crippen LogP contribution in [0.2, 0.25) is 0 Å². The number of hydrogen-bond donors (Lipinski definition) is 2. The molecule has 0 bridgehead atoms. The number of carbonyl (C=O) groups is 2. The van der Waals surface area contributed by atoms with Gasteiger partial charge in [-0.25, -0.2) is 19.4 Å². The van der Waals surface area contributed by atoms with E-state index in [0.29, 0.717) is 22.7 Å². The second-order valence-electron chi connectivity index (χ2n) is 6.58. The van der Waals surface area contributed by atoms with E-state index in [1.807, 2.05) is 72.8 Å². The number of carboxylic acid groups (broad SMARTS) is 2. The van der Waals surface area contributed by atoms with Gasteiger partial charge in [0.25, 0.3) is 0 Å². The normalized spacial score (nSPS) is 9.45. The summed E-state index contributed by atoms with van der Waals surface area (Å²) in [5.74, 6) is 0. The van der Waals surface area contributed by atoms with Crippen molar-refractivity contribution in [1.82, 2.24) is 0 Å². The smallest absolute Gasteiger partial charge is 0.416 e. The Morgan fingerprint density at radius 2 is 0.606 bits per heavy atom. The number of anilines is 4. The van der Waals surface area contributed by atoms with Crippen LogP contribution in [0.3, 0.4) is 0 Å². The molecule has 0 aliphatic rings. The van der Waals surface area contributed by atoms with E-state index in [-0.39, 0.29) is 16.8 Å². The minimum atomic E-state index is -0.989. The van der Waals surface area contributed by atoms with Crippen LogP contribution in [0, 0.1) is 0 Å². The Morgan fingerprint density at radius 1 is 0.424 bits per heavy atom. The van der Waals surface area contributed by atoms with Gasteiger partial charge in [-0.3, -0.25) is 0 Å². The van der Waals surface area contributed by atoms with Gasteiger partial charge in [-0.15, -0.1) is 0 Å². The van der Waals surface area contributed by atoms with Crippen LogP contribution in [0.4, 0.5) is 32.3 Å². The summed E-state index contributed by atoms with van der Waals surface area (Å²) in [7, 11) is 0. The molecule has 0 atom stereocenters. The second-order valence-corrected chi connectivity index (χ2v) is 6.58. The van der Waals surface area contributed by atoms with Crippen molar-refractivity contribution in [3.8, 4) is 0 Å². The van der Waals surface area contributed by atoms with Crippen LogP contribution in [0.1, 0.15) is 0 Å². The monoisotopic (exact) mass is 485 g/mol. The van der Waals surface area contributed by atoms with Gasteiger partial charge >= 0.3 is 12.2 Å². The largest absolute Gasteiger partial charge is 0.464 e. The number of amides is 2. The van der Waals surface area contributed by atoms with E-state index in [1.54, 1.807) is 48.5 Å². The molecule has 0 heterocycles. The summed E-state index contributed by atoms with van der Waals surface area (Å²) < 4.78 is 0. The average molecular weight is 485 g/mol. The van der Waals surface area contributed by atoms with E-state index in [4.69, 9.17) is 0 Å². The quantitative estimate of drug-likeness (QED) is 0.326. The Kier molecular flexibility index (Phi) is 9.70. The molecule has 7 heteroatoms. The van der Waals surface area contributed by atoms with Crippen molar-refractivity contribution >= 4 is 34.9 Å². The SMILES string of the molecule is O=C(O)N(c1ccccc1)c1ccccc1.O=C(O)N(c1ccccc1)c1ccccc1.[Co].